The van der Waals surface area contributed by atoms with Gasteiger partial charge in [0, 0.05) is 31.2 Å². The van der Waals surface area contributed by atoms with Gasteiger partial charge >= 0.3 is 0 Å². The van der Waals surface area contributed by atoms with E-state index >= 15 is 0 Å². The summed E-state index contributed by atoms with van der Waals surface area (Å²) in [6.45, 7) is 9.70. The summed E-state index contributed by atoms with van der Waals surface area (Å²) in [5.74, 6) is 0. The Balaban J connectivity index is 2.60. The average Bonchev–Trinajstić information content (AvgIpc) is 2.03. The normalized spacial score (nSPS) is 25.1. The van der Waals surface area contributed by atoms with Crippen LogP contribution in [-0.4, -0.2) is 36.1 Å². The monoisotopic (exact) mass is 181 g/mol. The van der Waals surface area contributed by atoms with Crippen LogP contribution < -0.4 is 5.32 Å². The van der Waals surface area contributed by atoms with E-state index in [9.17, 15) is 0 Å². The maximum atomic E-state index is 8.65. The van der Waals surface area contributed by atoms with Crippen molar-refractivity contribution in [3.05, 3.63) is 0 Å². The summed E-state index contributed by atoms with van der Waals surface area (Å²) in [7, 11) is 0. The smallest absolute Gasteiger partial charge is 0.0638 e. The number of rotatable bonds is 2. The Hall–Kier alpha value is -0.590. The second kappa shape index (κ2) is 4.08. The molecule has 0 spiro atoms. The third-order valence-electron chi connectivity index (χ3n) is 2.78. The fourth-order valence-corrected chi connectivity index (χ4v) is 2.06. The molecule has 13 heavy (non-hydrogen) atoms. The van der Waals surface area contributed by atoms with E-state index in [1.807, 2.05) is 0 Å². The number of nitrogens with zero attached hydrogens (tertiary/aromatic N) is 2. The molecule has 1 atom stereocenters. The number of nitriles is 1. The molecule has 3 heteroatoms. The maximum absolute atomic E-state index is 8.65. The molecule has 1 heterocycles. The number of hydrogen-bond acceptors (Lipinski definition) is 3. The maximum Gasteiger partial charge on any atom is 0.0638 e. The van der Waals surface area contributed by atoms with Crippen molar-refractivity contribution >= 4 is 0 Å². The highest BCUT2D eigenvalue weighted by Crippen LogP contribution is 2.20. The quantitative estimate of drug-likeness (QED) is 0.690. The van der Waals surface area contributed by atoms with E-state index in [0.717, 1.165) is 19.6 Å². The fourth-order valence-electron chi connectivity index (χ4n) is 2.06. The van der Waals surface area contributed by atoms with E-state index in [0.29, 0.717) is 12.5 Å². The summed E-state index contributed by atoms with van der Waals surface area (Å²) < 4.78 is 0. The Morgan fingerprint density at radius 3 is 2.85 bits per heavy atom. The van der Waals surface area contributed by atoms with E-state index in [1.165, 1.54) is 0 Å². The second-order valence-corrected chi connectivity index (χ2v) is 4.39. The Morgan fingerprint density at radius 2 is 2.31 bits per heavy atom. The summed E-state index contributed by atoms with van der Waals surface area (Å²) in [5.41, 5.74) is 0.189. The van der Waals surface area contributed by atoms with Gasteiger partial charge in [-0.3, -0.25) is 4.90 Å². The lowest BCUT2D eigenvalue weighted by Crippen LogP contribution is -2.60. The van der Waals surface area contributed by atoms with Gasteiger partial charge in [-0.2, -0.15) is 5.26 Å². The van der Waals surface area contributed by atoms with Gasteiger partial charge in [0.2, 0.25) is 0 Å². The average molecular weight is 181 g/mol. The zero-order chi connectivity index (χ0) is 9.90. The van der Waals surface area contributed by atoms with E-state index < -0.39 is 0 Å². The molecule has 0 aromatic carbocycles. The molecule has 1 aliphatic rings. The van der Waals surface area contributed by atoms with Crippen LogP contribution >= 0.6 is 0 Å². The van der Waals surface area contributed by atoms with Gasteiger partial charge in [0.15, 0.2) is 0 Å². The van der Waals surface area contributed by atoms with Gasteiger partial charge in [-0.1, -0.05) is 0 Å². The van der Waals surface area contributed by atoms with E-state index in [-0.39, 0.29) is 5.54 Å². The van der Waals surface area contributed by atoms with Crippen molar-refractivity contribution < 1.29 is 0 Å². The predicted octanol–water partition coefficient (Wildman–Crippen LogP) is 0.972. The van der Waals surface area contributed by atoms with Crippen LogP contribution in [0, 0.1) is 11.3 Å². The van der Waals surface area contributed by atoms with Crippen molar-refractivity contribution in [1.82, 2.24) is 10.2 Å². The van der Waals surface area contributed by atoms with Crippen LogP contribution in [-0.2, 0) is 0 Å². The molecule has 1 unspecified atom stereocenters. The van der Waals surface area contributed by atoms with Crippen LogP contribution in [0.1, 0.15) is 27.2 Å². The number of hydrogen-bond donors (Lipinski definition) is 1. The van der Waals surface area contributed by atoms with Crippen molar-refractivity contribution in [1.29, 1.82) is 5.26 Å². The molecule has 0 bridgehead atoms. The van der Waals surface area contributed by atoms with Gasteiger partial charge in [-0.25, -0.2) is 0 Å². The summed E-state index contributed by atoms with van der Waals surface area (Å²) in [4.78, 5) is 2.42. The molecule has 74 valence electrons. The first-order valence-electron chi connectivity index (χ1n) is 4.92. The lowest BCUT2D eigenvalue weighted by Gasteiger charge is -2.45. The molecule has 0 saturated carbocycles. The topological polar surface area (TPSA) is 39.1 Å². The molecule has 3 nitrogen and oxygen atoms in total. The molecule has 1 rings (SSSR count). The van der Waals surface area contributed by atoms with Crippen LogP contribution in [0.4, 0.5) is 0 Å². The first kappa shape index (κ1) is 10.5. The van der Waals surface area contributed by atoms with Crippen LogP contribution in [0.2, 0.25) is 0 Å². The molecule has 1 N–H and O–H groups in total. The zero-order valence-corrected chi connectivity index (χ0v) is 8.80. The van der Waals surface area contributed by atoms with Gasteiger partial charge in [0.05, 0.1) is 12.5 Å². The van der Waals surface area contributed by atoms with Crippen LogP contribution in [0.15, 0.2) is 0 Å². The SMILES string of the molecule is CC(CC#N)N1CCNCC1(C)C. The lowest BCUT2D eigenvalue weighted by atomic mass is 9.97. The Bertz CT molecular complexity index is 205. The summed E-state index contributed by atoms with van der Waals surface area (Å²) in [5, 5.41) is 12.0. The van der Waals surface area contributed by atoms with E-state index in [2.05, 4.69) is 37.1 Å². The second-order valence-electron chi connectivity index (χ2n) is 4.39. The minimum atomic E-state index is 0.189. The fraction of sp³-hybridized carbons (Fsp3) is 0.900. The zero-order valence-electron chi connectivity index (χ0n) is 8.80. The third kappa shape index (κ3) is 2.43. The van der Waals surface area contributed by atoms with Crippen LogP contribution in [0.3, 0.4) is 0 Å². The summed E-state index contributed by atoms with van der Waals surface area (Å²) in [6, 6.07) is 2.62. The van der Waals surface area contributed by atoms with Crippen molar-refractivity contribution in [2.24, 2.45) is 0 Å². The highest BCUT2D eigenvalue weighted by atomic mass is 15.3. The number of piperazine rings is 1. The molecule has 1 aliphatic heterocycles. The van der Waals surface area contributed by atoms with Crippen LogP contribution in [0.5, 0.6) is 0 Å². The molecule has 0 radical (unpaired) electrons. The van der Waals surface area contributed by atoms with Gasteiger partial charge in [0.1, 0.15) is 0 Å². The summed E-state index contributed by atoms with van der Waals surface area (Å²) >= 11 is 0. The molecular formula is C10H19N3. The Morgan fingerprint density at radius 1 is 1.62 bits per heavy atom. The highest BCUT2D eigenvalue weighted by Gasteiger charge is 2.32. The van der Waals surface area contributed by atoms with Gasteiger partial charge < -0.3 is 5.32 Å². The van der Waals surface area contributed by atoms with Crippen molar-refractivity contribution in [3.8, 4) is 6.07 Å². The predicted molar refractivity (Wildman–Crippen MR) is 53.3 cm³/mol. The Labute approximate surface area is 80.7 Å². The van der Waals surface area contributed by atoms with Gasteiger partial charge in [-0.05, 0) is 20.8 Å². The molecule has 0 amide bonds. The van der Waals surface area contributed by atoms with Crippen molar-refractivity contribution in [2.45, 2.75) is 38.8 Å². The van der Waals surface area contributed by atoms with E-state index in [1.54, 1.807) is 0 Å². The molecule has 1 saturated heterocycles. The molecule has 0 aromatic heterocycles. The van der Waals surface area contributed by atoms with E-state index in [4.69, 9.17) is 5.26 Å². The van der Waals surface area contributed by atoms with Crippen molar-refractivity contribution in [3.63, 3.8) is 0 Å². The van der Waals surface area contributed by atoms with Gasteiger partial charge in [-0.15, -0.1) is 0 Å². The minimum absolute atomic E-state index is 0.189. The lowest BCUT2D eigenvalue weighted by molar-refractivity contribution is 0.0540. The summed E-state index contributed by atoms with van der Waals surface area (Å²) in [6.07, 6.45) is 0.628. The first-order valence-corrected chi connectivity index (χ1v) is 4.92. The molecular weight excluding hydrogens is 162 g/mol. The standard InChI is InChI=1S/C10H19N3/c1-9(4-5-11)13-7-6-12-8-10(13,2)3/h9,12H,4,6-8H2,1-3H3. The number of nitrogens with one attached hydrogen (secondary N) is 1. The minimum Gasteiger partial charge on any atom is -0.314 e. The van der Waals surface area contributed by atoms with Crippen molar-refractivity contribution in [2.75, 3.05) is 19.6 Å². The third-order valence-corrected chi connectivity index (χ3v) is 2.78. The molecule has 1 fully saturated rings. The molecule has 0 aliphatic carbocycles. The first-order chi connectivity index (χ1) is 6.08. The molecule has 0 aromatic rings. The largest absolute Gasteiger partial charge is 0.314 e. The highest BCUT2D eigenvalue weighted by molar-refractivity contribution is 4.93. The van der Waals surface area contributed by atoms with Gasteiger partial charge in [0.25, 0.3) is 0 Å². The van der Waals surface area contributed by atoms with Crippen LogP contribution in [0.25, 0.3) is 0 Å². The Kier molecular flexibility index (Phi) is 3.29.